The maximum absolute atomic E-state index is 6.46. The van der Waals surface area contributed by atoms with Crippen LogP contribution in [0.15, 0.2) is 43.0 Å². The zero-order valence-electron chi connectivity index (χ0n) is 16.7. The minimum absolute atomic E-state index is 0.134. The van der Waals surface area contributed by atoms with Crippen molar-refractivity contribution in [2.75, 3.05) is 6.61 Å². The standard InChI is InChI=1S/C22H34O2Si/c1-9-20(17-23-16-19-14-12-11-13-15-19)18(3)21(10-2)24-25(7,8)22(4,5)6/h2,9,11-15,18,20-21H,1,16-17H2,3-8H3/t18-,20+,21+/m1/s1. The molecule has 0 aromatic heterocycles. The third-order valence-electron chi connectivity index (χ3n) is 5.27. The monoisotopic (exact) mass is 358 g/mol. The Morgan fingerprint density at radius 2 is 1.84 bits per heavy atom. The summed E-state index contributed by atoms with van der Waals surface area (Å²) in [6.07, 6.45) is 7.53. The molecule has 0 saturated heterocycles. The van der Waals surface area contributed by atoms with Crippen molar-refractivity contribution in [1.82, 2.24) is 0 Å². The SMILES string of the molecule is C#C[C@H](O[Si](C)(C)C(C)(C)C)[C@H](C)[C@@H](C=C)COCc1ccccc1. The van der Waals surface area contributed by atoms with Crippen molar-refractivity contribution in [3.8, 4) is 12.3 Å². The molecule has 0 N–H and O–H groups in total. The highest BCUT2D eigenvalue weighted by Gasteiger charge is 2.40. The van der Waals surface area contributed by atoms with Crippen molar-refractivity contribution in [3.05, 3.63) is 48.6 Å². The summed E-state index contributed by atoms with van der Waals surface area (Å²) >= 11 is 0. The highest BCUT2D eigenvalue weighted by Crippen LogP contribution is 2.38. The molecule has 0 radical (unpaired) electrons. The van der Waals surface area contributed by atoms with Gasteiger partial charge in [-0.15, -0.1) is 13.0 Å². The maximum Gasteiger partial charge on any atom is 0.193 e. The largest absolute Gasteiger partial charge is 0.403 e. The van der Waals surface area contributed by atoms with Gasteiger partial charge in [-0.1, -0.05) is 70.0 Å². The Morgan fingerprint density at radius 3 is 2.32 bits per heavy atom. The molecule has 1 aromatic carbocycles. The third-order valence-corrected chi connectivity index (χ3v) is 9.73. The summed E-state index contributed by atoms with van der Waals surface area (Å²) in [5.41, 5.74) is 1.17. The summed E-state index contributed by atoms with van der Waals surface area (Å²) in [5.74, 6) is 3.18. The molecule has 0 heterocycles. The molecule has 3 heteroatoms. The van der Waals surface area contributed by atoms with Crippen molar-refractivity contribution < 1.29 is 9.16 Å². The quantitative estimate of drug-likeness (QED) is 0.322. The molecule has 0 bridgehead atoms. The molecule has 2 nitrogen and oxygen atoms in total. The lowest BCUT2D eigenvalue weighted by Gasteiger charge is -2.40. The van der Waals surface area contributed by atoms with E-state index in [9.17, 15) is 0 Å². The molecule has 1 rings (SSSR count). The number of hydrogen-bond acceptors (Lipinski definition) is 2. The summed E-state index contributed by atoms with van der Waals surface area (Å²) in [7, 11) is -1.91. The summed E-state index contributed by atoms with van der Waals surface area (Å²) in [4.78, 5) is 0. The molecule has 0 spiro atoms. The van der Waals surface area contributed by atoms with Gasteiger partial charge in [-0.05, 0) is 23.7 Å². The molecule has 0 aliphatic rings. The molecule has 0 saturated carbocycles. The molecule has 0 unspecified atom stereocenters. The Morgan fingerprint density at radius 1 is 1.24 bits per heavy atom. The van der Waals surface area contributed by atoms with Gasteiger partial charge in [0.05, 0.1) is 13.2 Å². The zero-order chi connectivity index (χ0) is 19.1. The van der Waals surface area contributed by atoms with Crippen LogP contribution in [0.3, 0.4) is 0 Å². The number of ether oxygens (including phenoxy) is 1. The van der Waals surface area contributed by atoms with Crippen LogP contribution in [-0.4, -0.2) is 21.0 Å². The number of rotatable bonds is 9. The minimum atomic E-state index is -1.91. The summed E-state index contributed by atoms with van der Waals surface area (Å²) in [6, 6.07) is 10.2. The molecule has 0 amide bonds. The lowest BCUT2D eigenvalue weighted by molar-refractivity contribution is 0.0603. The molecule has 138 valence electrons. The van der Waals surface area contributed by atoms with Gasteiger partial charge in [0, 0.05) is 11.8 Å². The van der Waals surface area contributed by atoms with Gasteiger partial charge in [-0.25, -0.2) is 0 Å². The van der Waals surface area contributed by atoms with E-state index < -0.39 is 8.32 Å². The molecule has 25 heavy (non-hydrogen) atoms. The molecule has 0 aliphatic heterocycles. The second-order valence-corrected chi connectivity index (χ2v) is 13.0. The molecule has 1 aromatic rings. The average molecular weight is 359 g/mol. The van der Waals surface area contributed by atoms with Crippen LogP contribution in [0.2, 0.25) is 18.1 Å². The summed E-state index contributed by atoms with van der Waals surface area (Å²) in [6.45, 7) is 18.5. The van der Waals surface area contributed by atoms with Gasteiger partial charge < -0.3 is 9.16 Å². The van der Waals surface area contributed by atoms with Crippen LogP contribution >= 0.6 is 0 Å². The fourth-order valence-corrected chi connectivity index (χ4v) is 3.60. The van der Waals surface area contributed by atoms with Crippen LogP contribution < -0.4 is 0 Å². The maximum atomic E-state index is 6.46. The zero-order valence-corrected chi connectivity index (χ0v) is 17.7. The first kappa shape index (κ1) is 21.7. The second-order valence-electron chi connectivity index (χ2n) is 8.22. The van der Waals surface area contributed by atoms with Crippen LogP contribution in [0.1, 0.15) is 33.3 Å². The Labute approximate surface area is 155 Å². The number of benzene rings is 1. The van der Waals surface area contributed by atoms with E-state index >= 15 is 0 Å². The van der Waals surface area contributed by atoms with Gasteiger partial charge >= 0.3 is 0 Å². The molecular formula is C22H34O2Si. The first-order valence-electron chi connectivity index (χ1n) is 9.00. The van der Waals surface area contributed by atoms with Crippen molar-refractivity contribution in [3.63, 3.8) is 0 Å². The van der Waals surface area contributed by atoms with Crippen molar-refractivity contribution >= 4 is 8.32 Å². The fraction of sp³-hybridized carbons (Fsp3) is 0.545. The molecular weight excluding hydrogens is 324 g/mol. The Bertz CT molecular complexity index is 566. The average Bonchev–Trinajstić information content (AvgIpc) is 2.56. The van der Waals surface area contributed by atoms with Crippen molar-refractivity contribution in [1.29, 1.82) is 0 Å². The normalized spacial score (nSPS) is 15.9. The number of hydrogen-bond donors (Lipinski definition) is 0. The topological polar surface area (TPSA) is 18.5 Å². The van der Waals surface area contributed by atoms with Crippen molar-refractivity contribution in [2.45, 2.75) is 58.5 Å². The minimum Gasteiger partial charge on any atom is -0.403 e. The summed E-state index contributed by atoms with van der Waals surface area (Å²) in [5, 5.41) is 0.134. The van der Waals surface area contributed by atoms with Crippen molar-refractivity contribution in [2.24, 2.45) is 11.8 Å². The predicted octanol–water partition coefficient (Wildman–Crippen LogP) is 5.67. The van der Waals surface area contributed by atoms with Gasteiger partial charge in [0.25, 0.3) is 0 Å². The van der Waals surface area contributed by atoms with E-state index in [1.807, 2.05) is 24.3 Å². The van der Waals surface area contributed by atoms with Gasteiger partial charge in [-0.2, -0.15) is 0 Å². The smallest absolute Gasteiger partial charge is 0.193 e. The Kier molecular flexibility index (Phi) is 8.14. The molecule has 0 aliphatic carbocycles. The second kappa shape index (κ2) is 9.38. The van der Waals surface area contributed by atoms with E-state index in [4.69, 9.17) is 15.6 Å². The highest BCUT2D eigenvalue weighted by molar-refractivity contribution is 6.74. The van der Waals surface area contributed by atoms with E-state index in [0.717, 1.165) is 0 Å². The van der Waals surface area contributed by atoms with Crippen LogP contribution in [-0.2, 0) is 15.8 Å². The van der Waals surface area contributed by atoms with Crippen LogP contribution in [0.25, 0.3) is 0 Å². The van der Waals surface area contributed by atoms with Gasteiger partial charge in [-0.3, -0.25) is 0 Å². The lowest BCUT2D eigenvalue weighted by atomic mass is 9.90. The number of terminal acetylenes is 1. The first-order valence-corrected chi connectivity index (χ1v) is 11.9. The van der Waals surface area contributed by atoms with E-state index in [1.54, 1.807) is 0 Å². The Hall–Kier alpha value is -1.34. The fourth-order valence-electron chi connectivity index (χ4n) is 2.33. The van der Waals surface area contributed by atoms with Gasteiger partial charge in [0.1, 0.15) is 6.10 Å². The lowest BCUT2D eigenvalue weighted by Crippen LogP contribution is -2.46. The Balaban J connectivity index is 2.67. The van der Waals surface area contributed by atoms with Crippen LogP contribution in [0, 0.1) is 24.2 Å². The van der Waals surface area contributed by atoms with Gasteiger partial charge in [0.15, 0.2) is 8.32 Å². The predicted molar refractivity (Wildman–Crippen MR) is 110 cm³/mol. The van der Waals surface area contributed by atoms with E-state index in [2.05, 4.69) is 65.4 Å². The van der Waals surface area contributed by atoms with Gasteiger partial charge in [0.2, 0.25) is 0 Å². The van der Waals surface area contributed by atoms with Crippen LogP contribution in [0.5, 0.6) is 0 Å². The summed E-state index contributed by atoms with van der Waals surface area (Å²) < 4.78 is 12.4. The van der Waals surface area contributed by atoms with E-state index in [0.29, 0.717) is 13.2 Å². The first-order chi connectivity index (χ1) is 11.6. The van der Waals surface area contributed by atoms with E-state index in [-0.39, 0.29) is 23.0 Å². The highest BCUT2D eigenvalue weighted by atomic mass is 28.4. The van der Waals surface area contributed by atoms with Crippen LogP contribution in [0.4, 0.5) is 0 Å². The molecule has 0 fully saturated rings. The van der Waals surface area contributed by atoms with E-state index in [1.165, 1.54) is 5.56 Å². The third kappa shape index (κ3) is 6.47. The molecule has 3 atom stereocenters.